The van der Waals surface area contributed by atoms with Crippen LogP contribution in [0.4, 0.5) is 23.0 Å². The van der Waals surface area contributed by atoms with E-state index in [9.17, 15) is 4.79 Å². The van der Waals surface area contributed by atoms with Gasteiger partial charge in [-0.1, -0.05) is 23.7 Å². The molecule has 0 unspecified atom stereocenters. The third-order valence-electron chi connectivity index (χ3n) is 3.75. The van der Waals surface area contributed by atoms with Gasteiger partial charge in [-0.15, -0.1) is 0 Å². The first-order chi connectivity index (χ1) is 13.1. The Morgan fingerprint density at radius 1 is 1.00 bits per heavy atom. The van der Waals surface area contributed by atoms with Crippen LogP contribution in [0.15, 0.2) is 60.9 Å². The molecule has 0 radical (unpaired) electrons. The molecule has 27 heavy (non-hydrogen) atoms. The first-order valence-corrected chi connectivity index (χ1v) is 8.91. The van der Waals surface area contributed by atoms with Crippen molar-refractivity contribution in [2.75, 3.05) is 22.5 Å². The van der Waals surface area contributed by atoms with E-state index >= 15 is 0 Å². The van der Waals surface area contributed by atoms with Crippen LogP contribution in [0.3, 0.4) is 0 Å². The lowest BCUT2D eigenvalue weighted by Gasteiger charge is -2.09. The van der Waals surface area contributed by atoms with Crippen LogP contribution in [0.5, 0.6) is 0 Å². The molecule has 138 valence electrons. The third kappa shape index (κ3) is 5.97. The number of hydrogen-bond acceptors (Lipinski definition) is 5. The van der Waals surface area contributed by atoms with E-state index in [2.05, 4.69) is 25.9 Å². The molecule has 0 fully saturated rings. The summed E-state index contributed by atoms with van der Waals surface area (Å²) in [5.41, 5.74) is 2.79. The molecule has 0 bridgehead atoms. The largest absolute Gasteiger partial charge is 0.370 e. The number of aromatic nitrogens is 2. The molecular weight excluding hydrogens is 362 g/mol. The highest BCUT2D eigenvalue weighted by Crippen LogP contribution is 2.19. The maximum atomic E-state index is 11.1. The average molecular weight is 382 g/mol. The number of halogens is 1. The van der Waals surface area contributed by atoms with Gasteiger partial charge in [-0.2, -0.15) is 0 Å². The number of carbonyl (C=O) groups is 1. The topological polar surface area (TPSA) is 78.9 Å². The second-order valence-electron chi connectivity index (χ2n) is 5.98. The Hall–Kier alpha value is -3.12. The average Bonchev–Trinajstić information content (AvgIpc) is 2.63. The molecular formula is C20H20ClN5O. The van der Waals surface area contributed by atoms with Gasteiger partial charge in [-0.3, -0.25) is 4.79 Å². The third-order valence-corrected chi connectivity index (χ3v) is 3.99. The van der Waals surface area contributed by atoms with E-state index in [-0.39, 0.29) is 5.91 Å². The van der Waals surface area contributed by atoms with Crippen LogP contribution in [0.1, 0.15) is 12.5 Å². The molecule has 0 atom stereocenters. The number of amides is 1. The van der Waals surface area contributed by atoms with E-state index in [1.807, 2.05) is 54.6 Å². The molecule has 0 aliphatic carbocycles. The van der Waals surface area contributed by atoms with E-state index in [1.54, 1.807) is 0 Å². The van der Waals surface area contributed by atoms with Crippen LogP contribution in [0.2, 0.25) is 5.02 Å². The van der Waals surface area contributed by atoms with E-state index in [0.717, 1.165) is 35.2 Å². The Morgan fingerprint density at radius 2 is 1.74 bits per heavy atom. The number of carbonyl (C=O) groups excluding carboxylic acids is 1. The SMILES string of the molecule is CC(=O)Nc1ccc(Nc2cc(NCCc3cccc(Cl)c3)ncn2)cc1. The smallest absolute Gasteiger partial charge is 0.221 e. The normalized spacial score (nSPS) is 10.3. The lowest BCUT2D eigenvalue weighted by atomic mass is 10.1. The summed E-state index contributed by atoms with van der Waals surface area (Å²) in [4.78, 5) is 19.5. The van der Waals surface area contributed by atoms with Crippen molar-refractivity contribution in [3.05, 3.63) is 71.5 Å². The zero-order valence-electron chi connectivity index (χ0n) is 14.9. The molecule has 7 heteroatoms. The molecule has 1 aromatic heterocycles. The van der Waals surface area contributed by atoms with Crippen LogP contribution in [0, 0.1) is 0 Å². The van der Waals surface area contributed by atoms with Gasteiger partial charge in [0, 0.05) is 35.9 Å². The van der Waals surface area contributed by atoms with Gasteiger partial charge < -0.3 is 16.0 Å². The molecule has 3 rings (SSSR count). The van der Waals surface area contributed by atoms with Crippen molar-refractivity contribution in [2.24, 2.45) is 0 Å². The fourth-order valence-electron chi connectivity index (χ4n) is 2.54. The Morgan fingerprint density at radius 3 is 2.48 bits per heavy atom. The number of benzene rings is 2. The Labute approximate surface area is 163 Å². The van der Waals surface area contributed by atoms with E-state index in [4.69, 9.17) is 11.6 Å². The van der Waals surface area contributed by atoms with Crippen molar-refractivity contribution in [1.29, 1.82) is 0 Å². The molecule has 6 nitrogen and oxygen atoms in total. The predicted molar refractivity (Wildman–Crippen MR) is 110 cm³/mol. The van der Waals surface area contributed by atoms with Crippen molar-refractivity contribution in [3.8, 4) is 0 Å². The van der Waals surface area contributed by atoms with E-state index in [0.29, 0.717) is 5.82 Å². The van der Waals surface area contributed by atoms with Gasteiger partial charge >= 0.3 is 0 Å². The lowest BCUT2D eigenvalue weighted by Crippen LogP contribution is -2.07. The standard InChI is InChI=1S/C20H20ClN5O/c1-14(27)25-17-5-7-18(8-6-17)26-20-12-19(23-13-24-20)22-10-9-15-3-2-4-16(21)11-15/h2-8,11-13H,9-10H2,1H3,(H,25,27)(H2,22,23,24,26). The quantitative estimate of drug-likeness (QED) is 0.562. The van der Waals surface area contributed by atoms with E-state index < -0.39 is 0 Å². The molecule has 0 spiro atoms. The lowest BCUT2D eigenvalue weighted by molar-refractivity contribution is -0.114. The summed E-state index contributed by atoms with van der Waals surface area (Å²) < 4.78 is 0. The van der Waals surface area contributed by atoms with Crippen molar-refractivity contribution < 1.29 is 4.79 Å². The van der Waals surface area contributed by atoms with Gasteiger partial charge in [-0.25, -0.2) is 9.97 Å². The van der Waals surface area contributed by atoms with Crippen molar-refractivity contribution in [3.63, 3.8) is 0 Å². The number of hydrogen-bond donors (Lipinski definition) is 3. The zero-order chi connectivity index (χ0) is 19.1. The monoisotopic (exact) mass is 381 g/mol. The minimum atomic E-state index is -0.0972. The summed E-state index contributed by atoms with van der Waals surface area (Å²) in [5.74, 6) is 1.33. The Bertz CT molecular complexity index is 914. The summed E-state index contributed by atoms with van der Waals surface area (Å²) >= 11 is 6.00. The van der Waals surface area contributed by atoms with E-state index in [1.165, 1.54) is 18.8 Å². The summed E-state index contributed by atoms with van der Waals surface area (Å²) in [6, 6.07) is 17.1. The molecule has 1 amide bonds. The van der Waals surface area contributed by atoms with Gasteiger partial charge in [0.1, 0.15) is 18.0 Å². The predicted octanol–water partition coefficient (Wildman–Crippen LogP) is 4.49. The molecule has 1 heterocycles. The fourth-order valence-corrected chi connectivity index (χ4v) is 2.75. The van der Waals surface area contributed by atoms with Crippen molar-refractivity contribution in [1.82, 2.24) is 9.97 Å². The molecule has 3 aromatic rings. The Balaban J connectivity index is 1.56. The highest BCUT2D eigenvalue weighted by Gasteiger charge is 2.01. The minimum Gasteiger partial charge on any atom is -0.370 e. The first-order valence-electron chi connectivity index (χ1n) is 8.53. The molecule has 3 N–H and O–H groups in total. The highest BCUT2D eigenvalue weighted by molar-refractivity contribution is 6.30. The molecule has 0 saturated heterocycles. The second kappa shape index (κ2) is 9.00. The van der Waals surface area contributed by atoms with Crippen LogP contribution in [-0.4, -0.2) is 22.4 Å². The van der Waals surface area contributed by atoms with Gasteiger partial charge in [-0.05, 0) is 48.4 Å². The summed E-state index contributed by atoms with van der Waals surface area (Å²) in [5, 5.41) is 9.98. The highest BCUT2D eigenvalue weighted by atomic mass is 35.5. The maximum Gasteiger partial charge on any atom is 0.221 e. The summed E-state index contributed by atoms with van der Waals surface area (Å²) in [6.07, 6.45) is 2.35. The number of rotatable bonds is 7. The Kier molecular flexibility index (Phi) is 6.22. The fraction of sp³-hybridized carbons (Fsp3) is 0.150. The number of nitrogens with zero attached hydrogens (tertiary/aromatic N) is 2. The maximum absolute atomic E-state index is 11.1. The summed E-state index contributed by atoms with van der Waals surface area (Å²) in [7, 11) is 0. The van der Waals surface area contributed by atoms with Gasteiger partial charge in [0.05, 0.1) is 0 Å². The number of nitrogens with one attached hydrogen (secondary N) is 3. The van der Waals surface area contributed by atoms with Crippen LogP contribution < -0.4 is 16.0 Å². The minimum absolute atomic E-state index is 0.0972. The molecule has 0 aliphatic heterocycles. The second-order valence-corrected chi connectivity index (χ2v) is 6.42. The van der Waals surface area contributed by atoms with Crippen LogP contribution in [0.25, 0.3) is 0 Å². The molecule has 2 aromatic carbocycles. The van der Waals surface area contributed by atoms with Crippen molar-refractivity contribution in [2.45, 2.75) is 13.3 Å². The van der Waals surface area contributed by atoms with Gasteiger partial charge in [0.25, 0.3) is 0 Å². The number of anilines is 4. The van der Waals surface area contributed by atoms with Crippen LogP contribution in [-0.2, 0) is 11.2 Å². The molecule has 0 saturated carbocycles. The summed E-state index contributed by atoms with van der Waals surface area (Å²) in [6.45, 7) is 2.22. The van der Waals surface area contributed by atoms with Gasteiger partial charge in [0.2, 0.25) is 5.91 Å². The van der Waals surface area contributed by atoms with Crippen LogP contribution >= 0.6 is 11.6 Å². The van der Waals surface area contributed by atoms with Gasteiger partial charge in [0.15, 0.2) is 0 Å². The zero-order valence-corrected chi connectivity index (χ0v) is 15.6. The molecule has 0 aliphatic rings. The van der Waals surface area contributed by atoms with Crippen molar-refractivity contribution >= 4 is 40.5 Å². The first kappa shape index (κ1) is 18.7.